The summed E-state index contributed by atoms with van der Waals surface area (Å²) in [7, 11) is 0. The zero-order chi connectivity index (χ0) is 14.0. The monoisotopic (exact) mass is 297 g/mol. The van der Waals surface area contributed by atoms with E-state index in [9.17, 15) is 9.90 Å². The molecule has 2 aromatic rings. The van der Waals surface area contributed by atoms with E-state index in [0.29, 0.717) is 15.8 Å². The maximum absolute atomic E-state index is 10.9. The van der Waals surface area contributed by atoms with Gasteiger partial charge in [-0.2, -0.15) is 0 Å². The van der Waals surface area contributed by atoms with E-state index in [-0.39, 0.29) is 17.1 Å². The van der Waals surface area contributed by atoms with Crippen LogP contribution >= 0.6 is 23.2 Å². The number of phenolic OH excluding ortho intramolecular Hbond substituents is 1. The van der Waals surface area contributed by atoms with Gasteiger partial charge < -0.3 is 15.6 Å². The van der Waals surface area contributed by atoms with Crippen LogP contribution in [0.25, 0.3) is 0 Å². The largest absolute Gasteiger partial charge is 0.504 e. The number of aromatic hydroxyl groups is 1. The topological polar surface area (TPSA) is 72.6 Å². The second-order valence-electron chi connectivity index (χ2n) is 3.72. The van der Waals surface area contributed by atoms with Gasteiger partial charge in [0.2, 0.25) is 5.91 Å². The summed E-state index contributed by atoms with van der Waals surface area (Å²) in [5, 5.41) is 10.5. The number of nitrogens with two attached hydrogens (primary N) is 1. The molecule has 1 amide bonds. The predicted molar refractivity (Wildman–Crippen MR) is 73.2 cm³/mol. The Morgan fingerprint density at radius 2 is 1.79 bits per heavy atom. The van der Waals surface area contributed by atoms with Crippen molar-refractivity contribution in [2.24, 2.45) is 5.73 Å². The van der Waals surface area contributed by atoms with Crippen LogP contribution in [-0.2, 0) is 0 Å². The van der Waals surface area contributed by atoms with Gasteiger partial charge in [-0.3, -0.25) is 4.79 Å². The third-order valence-corrected chi connectivity index (χ3v) is 2.89. The molecule has 0 radical (unpaired) electrons. The zero-order valence-electron chi connectivity index (χ0n) is 9.56. The Morgan fingerprint density at radius 3 is 2.37 bits per heavy atom. The lowest BCUT2D eigenvalue weighted by Crippen LogP contribution is -2.10. The number of hydrogen-bond acceptors (Lipinski definition) is 3. The Balaban J connectivity index is 2.31. The maximum atomic E-state index is 10.9. The average Bonchev–Trinajstić information content (AvgIpc) is 2.34. The smallest absolute Gasteiger partial charge is 0.248 e. The number of rotatable bonds is 3. The van der Waals surface area contributed by atoms with Gasteiger partial charge in [-0.1, -0.05) is 23.2 Å². The first kappa shape index (κ1) is 13.5. The van der Waals surface area contributed by atoms with Crippen molar-refractivity contribution in [3.8, 4) is 17.2 Å². The maximum Gasteiger partial charge on any atom is 0.248 e. The van der Waals surface area contributed by atoms with Crippen LogP contribution in [0.15, 0.2) is 36.4 Å². The van der Waals surface area contributed by atoms with E-state index in [1.807, 2.05) is 0 Å². The van der Waals surface area contributed by atoms with Gasteiger partial charge >= 0.3 is 0 Å². The van der Waals surface area contributed by atoms with E-state index in [0.717, 1.165) is 0 Å². The number of hydrogen-bond donors (Lipinski definition) is 2. The average molecular weight is 298 g/mol. The van der Waals surface area contributed by atoms with Crippen LogP contribution in [0, 0.1) is 0 Å². The Morgan fingerprint density at radius 1 is 1.11 bits per heavy atom. The standard InChI is InChI=1S/C13H9Cl2NO3/c14-8-2-4-11(9(15)6-8)19-12-3-1-7(13(16)18)5-10(12)17/h1-6,17H,(H2,16,18). The molecule has 6 heteroatoms. The molecule has 2 rings (SSSR count). The number of halogens is 2. The summed E-state index contributed by atoms with van der Waals surface area (Å²) < 4.78 is 5.44. The fraction of sp³-hybridized carbons (Fsp3) is 0. The molecule has 0 fully saturated rings. The lowest BCUT2D eigenvalue weighted by molar-refractivity contribution is 0.1000. The third kappa shape index (κ3) is 3.10. The molecule has 0 atom stereocenters. The molecule has 0 bridgehead atoms. The minimum absolute atomic E-state index is 0.161. The first-order chi connectivity index (χ1) is 8.97. The molecular weight excluding hydrogens is 289 g/mol. The van der Waals surface area contributed by atoms with Crippen molar-refractivity contribution in [1.29, 1.82) is 0 Å². The van der Waals surface area contributed by atoms with Crippen molar-refractivity contribution in [2.45, 2.75) is 0 Å². The number of carbonyl (C=O) groups excluding carboxylic acids is 1. The van der Waals surface area contributed by atoms with Gasteiger partial charge in [0.05, 0.1) is 5.02 Å². The molecule has 3 N–H and O–H groups in total. The quantitative estimate of drug-likeness (QED) is 0.909. The van der Waals surface area contributed by atoms with Crippen molar-refractivity contribution in [2.75, 3.05) is 0 Å². The summed E-state index contributed by atoms with van der Waals surface area (Å²) in [6.45, 7) is 0. The van der Waals surface area contributed by atoms with Gasteiger partial charge in [-0.05, 0) is 36.4 Å². The van der Waals surface area contributed by atoms with Crippen LogP contribution in [0.2, 0.25) is 10.0 Å². The normalized spacial score (nSPS) is 10.2. The molecule has 4 nitrogen and oxygen atoms in total. The molecular formula is C13H9Cl2NO3. The summed E-state index contributed by atoms with van der Waals surface area (Å²) >= 11 is 11.7. The minimum Gasteiger partial charge on any atom is -0.504 e. The number of carbonyl (C=O) groups is 1. The van der Waals surface area contributed by atoms with Crippen molar-refractivity contribution in [3.63, 3.8) is 0 Å². The molecule has 0 aromatic heterocycles. The third-order valence-electron chi connectivity index (χ3n) is 2.36. The van der Waals surface area contributed by atoms with Gasteiger partial charge in [0.1, 0.15) is 5.75 Å². The Labute approximate surface area is 119 Å². The molecule has 0 saturated heterocycles. The van der Waals surface area contributed by atoms with Crippen LogP contribution in [0.3, 0.4) is 0 Å². The van der Waals surface area contributed by atoms with Gasteiger partial charge in [-0.25, -0.2) is 0 Å². The summed E-state index contributed by atoms with van der Waals surface area (Å²) in [6.07, 6.45) is 0. The highest BCUT2D eigenvalue weighted by molar-refractivity contribution is 6.35. The lowest BCUT2D eigenvalue weighted by atomic mass is 10.2. The van der Waals surface area contributed by atoms with E-state index in [2.05, 4.69) is 0 Å². The molecule has 0 aliphatic rings. The van der Waals surface area contributed by atoms with E-state index in [1.54, 1.807) is 12.1 Å². The second kappa shape index (κ2) is 5.38. The fourth-order valence-electron chi connectivity index (χ4n) is 1.43. The van der Waals surface area contributed by atoms with Gasteiger partial charge in [0, 0.05) is 10.6 Å². The number of phenols is 1. The van der Waals surface area contributed by atoms with Crippen LogP contribution in [0.5, 0.6) is 17.2 Å². The van der Waals surface area contributed by atoms with Crippen LogP contribution < -0.4 is 10.5 Å². The number of amides is 1. The molecule has 98 valence electrons. The fourth-order valence-corrected chi connectivity index (χ4v) is 1.88. The highest BCUT2D eigenvalue weighted by Crippen LogP contribution is 2.35. The molecule has 0 aliphatic carbocycles. The number of benzene rings is 2. The van der Waals surface area contributed by atoms with Crippen molar-refractivity contribution < 1.29 is 14.6 Å². The highest BCUT2D eigenvalue weighted by Gasteiger charge is 2.10. The van der Waals surface area contributed by atoms with Crippen molar-refractivity contribution in [3.05, 3.63) is 52.0 Å². The Kier molecular flexibility index (Phi) is 3.83. The van der Waals surface area contributed by atoms with Gasteiger partial charge in [0.25, 0.3) is 0 Å². The molecule has 2 aromatic carbocycles. The molecule has 0 saturated carbocycles. The summed E-state index contributed by atoms with van der Waals surface area (Å²) in [6, 6.07) is 8.81. The summed E-state index contributed by atoms with van der Waals surface area (Å²) in [5.41, 5.74) is 5.29. The first-order valence-electron chi connectivity index (χ1n) is 5.23. The molecule has 0 aliphatic heterocycles. The molecule has 19 heavy (non-hydrogen) atoms. The first-order valence-corrected chi connectivity index (χ1v) is 5.98. The zero-order valence-corrected chi connectivity index (χ0v) is 11.1. The second-order valence-corrected chi connectivity index (χ2v) is 4.57. The van der Waals surface area contributed by atoms with Crippen LogP contribution in [-0.4, -0.2) is 11.0 Å². The molecule has 0 spiro atoms. The predicted octanol–water partition coefficient (Wildman–Crippen LogP) is 3.59. The number of ether oxygens (including phenoxy) is 1. The lowest BCUT2D eigenvalue weighted by Gasteiger charge is -2.09. The SMILES string of the molecule is NC(=O)c1ccc(Oc2ccc(Cl)cc2Cl)c(O)c1. The van der Waals surface area contributed by atoms with E-state index in [4.69, 9.17) is 33.7 Å². The number of primary amides is 1. The molecule has 0 heterocycles. The van der Waals surface area contributed by atoms with E-state index in [1.165, 1.54) is 24.3 Å². The Bertz CT molecular complexity index is 644. The molecule has 0 unspecified atom stereocenters. The minimum atomic E-state index is -0.633. The van der Waals surface area contributed by atoms with Gasteiger partial charge in [0.15, 0.2) is 11.5 Å². The van der Waals surface area contributed by atoms with Crippen molar-refractivity contribution >= 4 is 29.1 Å². The summed E-state index contributed by atoms with van der Waals surface area (Å²) in [5.74, 6) is -0.337. The van der Waals surface area contributed by atoms with E-state index < -0.39 is 5.91 Å². The Hall–Kier alpha value is -1.91. The van der Waals surface area contributed by atoms with Crippen LogP contribution in [0.1, 0.15) is 10.4 Å². The van der Waals surface area contributed by atoms with Crippen molar-refractivity contribution in [1.82, 2.24) is 0 Å². The summed E-state index contributed by atoms with van der Waals surface area (Å²) in [4.78, 5) is 10.9. The van der Waals surface area contributed by atoms with E-state index >= 15 is 0 Å². The van der Waals surface area contributed by atoms with Crippen LogP contribution in [0.4, 0.5) is 0 Å². The van der Waals surface area contributed by atoms with Gasteiger partial charge in [-0.15, -0.1) is 0 Å². The highest BCUT2D eigenvalue weighted by atomic mass is 35.5.